The number of carbonyl (C=O) groups excluding carboxylic acids is 1. The summed E-state index contributed by atoms with van der Waals surface area (Å²) < 4.78 is 26.1. The molecule has 0 aliphatic heterocycles. The highest BCUT2D eigenvalue weighted by molar-refractivity contribution is 7.89. The number of aryl methyl sites for hydroxylation is 1. The molecule has 1 amide bonds. The van der Waals surface area contributed by atoms with Crippen molar-refractivity contribution >= 4 is 49.1 Å². The molecular weight excluding hydrogens is 358 g/mol. The maximum atomic E-state index is 12.0. The Morgan fingerprint density at radius 3 is 2.57 bits per heavy atom. The lowest BCUT2D eigenvalue weighted by atomic mass is 10.3. The minimum absolute atomic E-state index is 0.314. The van der Waals surface area contributed by atoms with Crippen LogP contribution in [0, 0.1) is 6.92 Å². The molecule has 0 fully saturated rings. The van der Waals surface area contributed by atoms with E-state index in [1.807, 2.05) is 23.8 Å². The molecule has 0 saturated heterocycles. The van der Waals surface area contributed by atoms with Gasteiger partial charge in [-0.15, -0.1) is 11.3 Å². The third-order valence-electron chi connectivity index (χ3n) is 3.12. The Hall–Kier alpha value is -1.90. The minimum atomic E-state index is -3.60. The van der Waals surface area contributed by atoms with Crippen LogP contribution in [0.1, 0.15) is 15.4 Å². The number of hydrogen-bond acceptors (Lipinski definition) is 5. The highest BCUT2D eigenvalue weighted by atomic mass is 35.5. The molecule has 1 N–H and O–H groups in total. The average molecular weight is 370 g/mol. The Morgan fingerprint density at radius 1 is 1.30 bits per heavy atom. The molecule has 3 aromatic rings. The van der Waals surface area contributed by atoms with Crippen LogP contribution in [-0.4, -0.2) is 30.4 Å². The molecule has 2 heterocycles. The summed E-state index contributed by atoms with van der Waals surface area (Å²) in [5.74, 6) is -0.643. The third kappa shape index (κ3) is 3.24. The summed E-state index contributed by atoms with van der Waals surface area (Å²) in [6.07, 6.45) is 0.943. The summed E-state index contributed by atoms with van der Waals surface area (Å²) in [5.41, 5.74) is 1.56. The summed E-state index contributed by atoms with van der Waals surface area (Å²) >= 11 is 7.08. The number of nitrogens with zero attached hydrogens (tertiary/aromatic N) is 2. The Balaban J connectivity index is 2.08. The highest BCUT2D eigenvalue weighted by Crippen LogP contribution is 2.30. The van der Waals surface area contributed by atoms with Crippen LogP contribution in [0.2, 0.25) is 5.02 Å². The maximum absolute atomic E-state index is 12.0. The Labute approximate surface area is 141 Å². The molecule has 1 aromatic carbocycles. The number of sulfonamides is 1. The van der Waals surface area contributed by atoms with Gasteiger partial charge in [0.15, 0.2) is 0 Å². The van der Waals surface area contributed by atoms with E-state index in [4.69, 9.17) is 11.6 Å². The third-order valence-corrected chi connectivity index (χ3v) is 5.04. The van der Waals surface area contributed by atoms with Crippen molar-refractivity contribution in [3.8, 4) is 5.69 Å². The van der Waals surface area contributed by atoms with Crippen molar-refractivity contribution in [3.05, 3.63) is 45.9 Å². The normalized spacial score (nSPS) is 11.8. The van der Waals surface area contributed by atoms with Crippen LogP contribution in [0.15, 0.2) is 30.3 Å². The predicted octanol–water partition coefficient (Wildman–Crippen LogP) is 2.74. The first kappa shape index (κ1) is 16.0. The van der Waals surface area contributed by atoms with E-state index in [1.165, 1.54) is 11.3 Å². The van der Waals surface area contributed by atoms with Crippen molar-refractivity contribution in [1.29, 1.82) is 0 Å². The minimum Gasteiger partial charge on any atom is -0.267 e. The standard InChI is InChI=1S/C14H12ClN3O3S2/c1-8-11-7-12(13(19)17-23(2,20)21)22-14(11)18(16-8)10-5-3-9(15)4-6-10/h3-7H,1-2H3,(H,17,19). The van der Waals surface area contributed by atoms with Gasteiger partial charge in [0.2, 0.25) is 10.0 Å². The zero-order valence-corrected chi connectivity index (χ0v) is 14.6. The van der Waals surface area contributed by atoms with Crippen LogP contribution in [0.4, 0.5) is 0 Å². The fraction of sp³-hybridized carbons (Fsp3) is 0.143. The number of halogens is 1. The predicted molar refractivity (Wildman–Crippen MR) is 91.0 cm³/mol. The summed E-state index contributed by atoms with van der Waals surface area (Å²) in [4.78, 5) is 13.1. The van der Waals surface area contributed by atoms with Gasteiger partial charge in [-0.1, -0.05) is 11.6 Å². The number of carbonyl (C=O) groups is 1. The van der Waals surface area contributed by atoms with E-state index in [0.717, 1.165) is 27.9 Å². The van der Waals surface area contributed by atoms with Crippen molar-refractivity contribution < 1.29 is 13.2 Å². The molecule has 23 heavy (non-hydrogen) atoms. The summed E-state index contributed by atoms with van der Waals surface area (Å²) in [6, 6.07) is 8.80. The van der Waals surface area contributed by atoms with E-state index < -0.39 is 15.9 Å². The van der Waals surface area contributed by atoms with E-state index in [-0.39, 0.29) is 0 Å². The number of amides is 1. The Morgan fingerprint density at radius 2 is 1.96 bits per heavy atom. The van der Waals surface area contributed by atoms with Crippen LogP contribution in [-0.2, 0) is 10.0 Å². The Bertz CT molecular complexity index is 1000. The van der Waals surface area contributed by atoms with Gasteiger partial charge in [-0.05, 0) is 37.3 Å². The van der Waals surface area contributed by atoms with Crippen LogP contribution in [0.25, 0.3) is 15.9 Å². The summed E-state index contributed by atoms with van der Waals surface area (Å²) in [5, 5.41) is 5.89. The van der Waals surface area contributed by atoms with Gasteiger partial charge in [0, 0.05) is 10.4 Å². The van der Waals surface area contributed by atoms with Crippen molar-refractivity contribution in [3.63, 3.8) is 0 Å². The fourth-order valence-corrected chi connectivity index (χ4v) is 3.85. The van der Waals surface area contributed by atoms with Gasteiger partial charge in [-0.25, -0.2) is 17.8 Å². The lowest BCUT2D eigenvalue weighted by molar-refractivity contribution is 0.0985. The number of aromatic nitrogens is 2. The molecule has 0 aliphatic carbocycles. The first-order valence-electron chi connectivity index (χ1n) is 6.52. The molecule has 0 radical (unpaired) electrons. The number of rotatable bonds is 3. The topological polar surface area (TPSA) is 81.1 Å². The maximum Gasteiger partial charge on any atom is 0.274 e. The van der Waals surface area contributed by atoms with Crippen molar-refractivity contribution in [2.45, 2.75) is 6.92 Å². The monoisotopic (exact) mass is 369 g/mol. The van der Waals surface area contributed by atoms with Gasteiger partial charge in [-0.3, -0.25) is 4.79 Å². The number of fused-ring (bicyclic) bond motifs is 1. The SMILES string of the molecule is Cc1nn(-c2ccc(Cl)cc2)c2sc(C(=O)NS(C)(=O)=O)cc12. The molecule has 0 saturated carbocycles. The van der Waals surface area contributed by atoms with E-state index in [0.29, 0.717) is 9.90 Å². The molecule has 6 nitrogen and oxygen atoms in total. The van der Waals surface area contributed by atoms with Crippen LogP contribution in [0.5, 0.6) is 0 Å². The smallest absolute Gasteiger partial charge is 0.267 e. The number of nitrogens with one attached hydrogen (secondary N) is 1. The van der Waals surface area contributed by atoms with E-state index in [1.54, 1.807) is 22.9 Å². The quantitative estimate of drug-likeness (QED) is 0.769. The average Bonchev–Trinajstić information content (AvgIpc) is 2.99. The number of thiophene rings is 1. The van der Waals surface area contributed by atoms with Gasteiger partial charge < -0.3 is 0 Å². The van der Waals surface area contributed by atoms with Gasteiger partial charge in [0.1, 0.15) is 4.83 Å². The summed E-state index contributed by atoms with van der Waals surface area (Å²) in [7, 11) is -3.60. The Kier molecular flexibility index (Phi) is 3.91. The molecular formula is C14H12ClN3O3S2. The zero-order valence-electron chi connectivity index (χ0n) is 12.2. The van der Waals surface area contributed by atoms with Gasteiger partial charge >= 0.3 is 0 Å². The van der Waals surface area contributed by atoms with E-state index in [9.17, 15) is 13.2 Å². The fourth-order valence-electron chi connectivity index (χ4n) is 2.14. The van der Waals surface area contributed by atoms with Crippen LogP contribution >= 0.6 is 22.9 Å². The van der Waals surface area contributed by atoms with Gasteiger partial charge in [-0.2, -0.15) is 5.10 Å². The lowest BCUT2D eigenvalue weighted by Crippen LogP contribution is -2.28. The van der Waals surface area contributed by atoms with E-state index >= 15 is 0 Å². The first-order valence-corrected chi connectivity index (χ1v) is 9.60. The van der Waals surface area contributed by atoms with Crippen LogP contribution in [0.3, 0.4) is 0 Å². The largest absolute Gasteiger partial charge is 0.274 e. The van der Waals surface area contributed by atoms with Crippen LogP contribution < -0.4 is 4.72 Å². The molecule has 120 valence electrons. The molecule has 2 aromatic heterocycles. The zero-order chi connectivity index (χ0) is 16.8. The summed E-state index contributed by atoms with van der Waals surface area (Å²) in [6.45, 7) is 1.83. The number of benzene rings is 1. The van der Waals surface area contributed by atoms with E-state index in [2.05, 4.69) is 5.10 Å². The molecule has 3 rings (SSSR count). The highest BCUT2D eigenvalue weighted by Gasteiger charge is 2.19. The molecule has 0 bridgehead atoms. The molecule has 0 spiro atoms. The first-order chi connectivity index (χ1) is 10.7. The van der Waals surface area contributed by atoms with Crippen molar-refractivity contribution in [2.75, 3.05) is 6.26 Å². The van der Waals surface area contributed by atoms with Gasteiger partial charge in [0.05, 0.1) is 22.5 Å². The van der Waals surface area contributed by atoms with Gasteiger partial charge in [0.25, 0.3) is 5.91 Å². The lowest BCUT2D eigenvalue weighted by Gasteiger charge is -2.02. The molecule has 0 atom stereocenters. The molecule has 0 aliphatic rings. The van der Waals surface area contributed by atoms with Crippen molar-refractivity contribution in [1.82, 2.24) is 14.5 Å². The molecule has 9 heteroatoms. The second kappa shape index (κ2) is 5.63. The second-order valence-corrected chi connectivity index (χ2v) is 8.22. The van der Waals surface area contributed by atoms with Crippen molar-refractivity contribution in [2.24, 2.45) is 0 Å². The molecule has 0 unspecified atom stereocenters. The second-order valence-electron chi connectivity index (χ2n) is 5.01. The number of hydrogen-bond donors (Lipinski definition) is 1.